The van der Waals surface area contributed by atoms with Crippen molar-refractivity contribution in [3.63, 3.8) is 0 Å². The van der Waals surface area contributed by atoms with Gasteiger partial charge in [-0.3, -0.25) is 14.9 Å². The van der Waals surface area contributed by atoms with Crippen molar-refractivity contribution < 1.29 is 46.9 Å². The summed E-state index contributed by atoms with van der Waals surface area (Å²) in [5.74, 6) is -0.279. The molecule has 0 radical (unpaired) electrons. The van der Waals surface area contributed by atoms with Gasteiger partial charge < -0.3 is 28.8 Å². The molecule has 0 unspecified atom stereocenters. The number of nitro benzene ring substituents is 1. The van der Waals surface area contributed by atoms with Gasteiger partial charge in [0.25, 0.3) is 5.69 Å². The normalized spacial score (nSPS) is 27.5. The van der Waals surface area contributed by atoms with Gasteiger partial charge in [0.2, 0.25) is 10.0 Å². The summed E-state index contributed by atoms with van der Waals surface area (Å²) in [5, 5.41) is 21.1. The highest BCUT2D eigenvalue weighted by Gasteiger charge is 2.61. The summed E-state index contributed by atoms with van der Waals surface area (Å²) >= 11 is 0. The van der Waals surface area contributed by atoms with Crippen LogP contribution in [0.15, 0.2) is 29.2 Å². The highest BCUT2D eigenvalue weighted by Crippen LogP contribution is 2.62. The van der Waals surface area contributed by atoms with Crippen LogP contribution < -0.4 is 4.72 Å². The molecule has 1 aromatic carbocycles. The van der Waals surface area contributed by atoms with E-state index < -0.39 is 26.0 Å². The number of hydrogen-bond acceptors (Lipinski definition) is 11. The Morgan fingerprint density at radius 1 is 1.14 bits per heavy atom. The Morgan fingerprint density at radius 2 is 1.88 bits per heavy atom. The summed E-state index contributed by atoms with van der Waals surface area (Å²) in [6.07, 6.45) is 3.47. The number of carbonyl (C=O) groups is 1. The lowest BCUT2D eigenvalue weighted by Crippen LogP contribution is -2.52. The van der Waals surface area contributed by atoms with Crippen molar-refractivity contribution >= 4 is 21.7 Å². The van der Waals surface area contributed by atoms with Crippen molar-refractivity contribution in [1.29, 1.82) is 0 Å². The first-order chi connectivity index (χ1) is 20.1. The highest BCUT2D eigenvalue weighted by molar-refractivity contribution is 7.89. The predicted octanol–water partition coefficient (Wildman–Crippen LogP) is 3.00. The van der Waals surface area contributed by atoms with Gasteiger partial charge in [0.1, 0.15) is 19.7 Å². The van der Waals surface area contributed by atoms with E-state index in [9.17, 15) is 28.4 Å². The van der Waals surface area contributed by atoms with Gasteiger partial charge in [0, 0.05) is 51.7 Å². The van der Waals surface area contributed by atoms with Crippen molar-refractivity contribution in [3.8, 4) is 0 Å². The maximum absolute atomic E-state index is 13.0. The van der Waals surface area contributed by atoms with Crippen LogP contribution in [0.3, 0.4) is 0 Å². The molecule has 0 heterocycles. The van der Waals surface area contributed by atoms with E-state index in [-0.39, 0.29) is 67.6 Å². The number of nitrogens with one attached hydrogen (secondary N) is 1. The van der Waals surface area contributed by atoms with E-state index in [0.717, 1.165) is 12.5 Å². The molecule has 42 heavy (non-hydrogen) atoms. The zero-order valence-electron chi connectivity index (χ0n) is 24.6. The van der Waals surface area contributed by atoms with E-state index >= 15 is 0 Å². The zero-order valence-corrected chi connectivity index (χ0v) is 25.4. The van der Waals surface area contributed by atoms with Crippen LogP contribution in [0.25, 0.3) is 0 Å². The van der Waals surface area contributed by atoms with Crippen molar-refractivity contribution in [3.05, 3.63) is 34.4 Å². The second kappa shape index (κ2) is 16.0. The van der Waals surface area contributed by atoms with Crippen LogP contribution in [0.1, 0.15) is 51.9 Å². The number of rotatable bonds is 18. The Hall–Kier alpha value is -2.20. The molecule has 0 bridgehead atoms. The Labute approximate surface area is 247 Å². The number of fused-ring (bicyclic) bond motifs is 1. The van der Waals surface area contributed by atoms with E-state index in [1.165, 1.54) is 25.1 Å². The molecule has 3 rings (SSSR count). The number of carbonyl (C=O) groups excluding carboxylic acids is 1. The fourth-order valence-electron chi connectivity index (χ4n) is 7.13. The maximum atomic E-state index is 13.0. The first-order valence-corrected chi connectivity index (χ1v) is 15.8. The van der Waals surface area contributed by atoms with Crippen molar-refractivity contribution in [2.75, 3.05) is 47.6 Å². The second-order valence-corrected chi connectivity index (χ2v) is 12.8. The third kappa shape index (κ3) is 8.24. The van der Waals surface area contributed by atoms with Gasteiger partial charge >= 0.3 is 5.97 Å². The van der Waals surface area contributed by atoms with Gasteiger partial charge in [-0.25, -0.2) is 13.1 Å². The number of nitrogens with zero attached hydrogens (tertiary/aromatic N) is 1. The molecule has 2 aliphatic carbocycles. The maximum Gasteiger partial charge on any atom is 0.302 e. The molecule has 6 atom stereocenters. The minimum Gasteiger partial charge on any atom is -0.462 e. The van der Waals surface area contributed by atoms with Crippen LogP contribution in [0.5, 0.6) is 0 Å². The Balaban J connectivity index is 1.88. The van der Waals surface area contributed by atoms with Gasteiger partial charge in [-0.1, -0.05) is 12.1 Å². The summed E-state index contributed by atoms with van der Waals surface area (Å²) in [5.41, 5.74) is -0.981. The van der Waals surface area contributed by atoms with E-state index in [1.807, 2.05) is 0 Å². The molecule has 14 heteroatoms. The molecular weight excluding hydrogens is 572 g/mol. The van der Waals surface area contributed by atoms with Gasteiger partial charge in [-0.2, -0.15) is 0 Å². The SMILES string of the molecule is COCOC[C@@H]1C[C@H]2C[C@H](OC(C)=O)[C@@H](CCCO)[C@@]2(CCCNS(=O)(=O)c2ccccc2[N+](=O)[O-])[C@H](OCOC)C1. The Morgan fingerprint density at radius 3 is 2.55 bits per heavy atom. The first-order valence-electron chi connectivity index (χ1n) is 14.3. The van der Waals surface area contributed by atoms with E-state index in [2.05, 4.69) is 4.72 Å². The monoisotopic (exact) mass is 616 g/mol. The van der Waals surface area contributed by atoms with Crippen LogP contribution in [-0.4, -0.2) is 84.2 Å². The molecule has 238 valence electrons. The number of esters is 1. The fourth-order valence-corrected chi connectivity index (χ4v) is 8.38. The second-order valence-electron chi connectivity index (χ2n) is 11.1. The molecule has 0 spiro atoms. The van der Waals surface area contributed by atoms with Crippen LogP contribution in [0.2, 0.25) is 0 Å². The minimum atomic E-state index is -4.14. The summed E-state index contributed by atoms with van der Waals surface area (Å²) in [6.45, 7) is 2.12. The number of aliphatic hydroxyl groups is 1. The first kappa shape index (κ1) is 34.3. The lowest BCUT2D eigenvalue weighted by atomic mass is 9.57. The van der Waals surface area contributed by atoms with Crippen LogP contribution in [0, 0.1) is 33.3 Å². The number of ether oxygens (including phenoxy) is 5. The Kier molecular flexibility index (Phi) is 13.1. The highest BCUT2D eigenvalue weighted by atomic mass is 32.2. The number of para-hydroxylation sites is 1. The number of benzene rings is 1. The van der Waals surface area contributed by atoms with E-state index in [4.69, 9.17) is 23.7 Å². The van der Waals surface area contributed by atoms with Crippen molar-refractivity contribution in [1.82, 2.24) is 4.72 Å². The number of sulfonamides is 1. The molecular formula is C28H44N2O11S. The minimum absolute atomic E-state index is 0.0171. The van der Waals surface area contributed by atoms with Crippen LogP contribution >= 0.6 is 0 Å². The summed E-state index contributed by atoms with van der Waals surface area (Å²) in [4.78, 5) is 22.4. The topological polar surface area (TPSA) is 173 Å². The smallest absolute Gasteiger partial charge is 0.302 e. The fraction of sp³-hybridized carbons (Fsp3) is 0.750. The zero-order chi connectivity index (χ0) is 30.8. The number of aliphatic hydroxyl groups excluding tert-OH is 1. The van der Waals surface area contributed by atoms with Gasteiger partial charge in [-0.05, 0) is 62.8 Å². The predicted molar refractivity (Wildman–Crippen MR) is 151 cm³/mol. The molecule has 2 fully saturated rings. The molecule has 0 amide bonds. The number of hydrogen-bond donors (Lipinski definition) is 2. The quantitative estimate of drug-likeness (QED) is 0.0816. The van der Waals surface area contributed by atoms with Gasteiger partial charge in [-0.15, -0.1) is 0 Å². The standard InChI is InChI=1S/C28H44N2O11S/c1-20(32)41-25-16-22-14-21(17-39-18-37-2)15-27(40-19-38-3)28(22,23(25)8-6-13-31)11-7-12-29-42(35,36)26-10-5-4-9-24(26)30(33)34/h4-5,9-10,21-23,25,27,29,31H,6-8,11-19H2,1-3H3/t21-,22+,23-,25+,27-,28+/m1/s1. The van der Waals surface area contributed by atoms with Crippen molar-refractivity contribution in [2.45, 2.75) is 69.0 Å². The van der Waals surface area contributed by atoms with E-state index in [1.54, 1.807) is 14.2 Å². The third-order valence-corrected chi connectivity index (χ3v) is 10.1. The molecule has 2 N–H and O–H groups in total. The molecule has 0 saturated heterocycles. The molecule has 1 aromatic rings. The van der Waals surface area contributed by atoms with E-state index in [0.29, 0.717) is 45.1 Å². The molecule has 13 nitrogen and oxygen atoms in total. The molecule has 0 aromatic heterocycles. The number of methoxy groups -OCH3 is 2. The lowest BCUT2D eigenvalue weighted by molar-refractivity contribution is -0.387. The average molecular weight is 617 g/mol. The van der Waals surface area contributed by atoms with Crippen molar-refractivity contribution in [2.24, 2.45) is 23.2 Å². The van der Waals surface area contributed by atoms with Crippen LogP contribution in [-0.2, 0) is 38.5 Å². The Bertz CT molecular complexity index is 1130. The summed E-state index contributed by atoms with van der Waals surface area (Å²) in [6, 6.07) is 5.23. The molecule has 0 aliphatic heterocycles. The molecule has 2 aliphatic rings. The summed E-state index contributed by atoms with van der Waals surface area (Å²) < 4.78 is 56.8. The summed E-state index contributed by atoms with van der Waals surface area (Å²) in [7, 11) is -1.03. The largest absolute Gasteiger partial charge is 0.462 e. The average Bonchev–Trinajstić information content (AvgIpc) is 3.24. The van der Waals surface area contributed by atoms with Crippen LogP contribution in [0.4, 0.5) is 5.69 Å². The third-order valence-electron chi connectivity index (χ3n) is 8.54. The van der Waals surface area contributed by atoms with Gasteiger partial charge in [0.15, 0.2) is 4.90 Å². The number of nitro groups is 1. The van der Waals surface area contributed by atoms with Gasteiger partial charge in [0.05, 0.1) is 17.6 Å². The lowest BCUT2D eigenvalue weighted by Gasteiger charge is -2.51. The molecule has 2 saturated carbocycles.